The van der Waals surface area contributed by atoms with Crippen LogP contribution in [0.25, 0.3) is 0 Å². The van der Waals surface area contributed by atoms with Gasteiger partial charge in [0.05, 0.1) is 11.9 Å². The molecule has 0 amide bonds. The zero-order valence-corrected chi connectivity index (χ0v) is 6.73. The van der Waals surface area contributed by atoms with Gasteiger partial charge in [-0.1, -0.05) is 19.1 Å². The lowest BCUT2D eigenvalue weighted by Gasteiger charge is -1.93. The summed E-state index contributed by atoms with van der Waals surface area (Å²) in [4.78, 5) is 0. The zero-order valence-electron chi connectivity index (χ0n) is 5.57. The molecule has 0 aromatic carbocycles. The summed E-state index contributed by atoms with van der Waals surface area (Å²) in [7, 11) is 2.44. The number of rotatable bonds is 1. The molecule has 0 bridgehead atoms. The molecule has 0 radical (unpaired) electrons. The van der Waals surface area contributed by atoms with Crippen LogP contribution >= 0.6 is 9.39 Å². The van der Waals surface area contributed by atoms with Gasteiger partial charge in [0.25, 0.3) is 0 Å². The van der Waals surface area contributed by atoms with E-state index in [0.717, 1.165) is 5.69 Å². The summed E-state index contributed by atoms with van der Waals surface area (Å²) in [5.74, 6) is 0.472. The average molecular weight is 143 g/mol. The van der Waals surface area contributed by atoms with Crippen molar-refractivity contribution in [1.82, 2.24) is 14.8 Å². The summed E-state index contributed by atoms with van der Waals surface area (Å²) < 4.78 is 1.63. The van der Waals surface area contributed by atoms with Crippen molar-refractivity contribution >= 4 is 9.39 Å². The summed E-state index contributed by atoms with van der Waals surface area (Å²) in [6.45, 7) is 4.18. The van der Waals surface area contributed by atoms with Crippen molar-refractivity contribution in [3.8, 4) is 0 Å². The second-order valence-corrected chi connectivity index (χ2v) is 2.81. The Morgan fingerprint density at radius 3 is 2.56 bits per heavy atom. The molecule has 1 heterocycles. The second-order valence-electron chi connectivity index (χ2n) is 2.28. The van der Waals surface area contributed by atoms with Crippen LogP contribution in [0.4, 0.5) is 0 Å². The molecule has 0 aliphatic heterocycles. The Morgan fingerprint density at radius 1 is 1.67 bits per heavy atom. The first-order chi connectivity index (χ1) is 4.20. The third-order valence-electron chi connectivity index (χ3n) is 1.12. The molecule has 0 N–H and O–H groups in total. The molecular formula is C5H10N3P. The van der Waals surface area contributed by atoms with E-state index in [1.165, 1.54) is 0 Å². The SMILES string of the molecule is CC(C)c1cn(P)nn1. The Morgan fingerprint density at radius 2 is 2.33 bits per heavy atom. The maximum absolute atomic E-state index is 3.91. The van der Waals surface area contributed by atoms with Gasteiger partial charge in [0.15, 0.2) is 0 Å². The quantitative estimate of drug-likeness (QED) is 0.550. The molecule has 0 aliphatic carbocycles. The molecule has 0 spiro atoms. The fourth-order valence-corrected chi connectivity index (χ4v) is 0.759. The van der Waals surface area contributed by atoms with Crippen molar-refractivity contribution in [3.05, 3.63) is 11.9 Å². The van der Waals surface area contributed by atoms with Gasteiger partial charge in [-0.15, -0.1) is 5.10 Å². The Labute approximate surface area is 56.7 Å². The minimum atomic E-state index is 0.472. The minimum Gasteiger partial charge on any atom is -0.238 e. The fourth-order valence-electron chi connectivity index (χ4n) is 0.555. The predicted octanol–water partition coefficient (Wildman–Crippen LogP) is 1.04. The molecule has 50 valence electrons. The number of hydrogen-bond acceptors (Lipinski definition) is 2. The van der Waals surface area contributed by atoms with Crippen LogP contribution in [0, 0.1) is 0 Å². The molecule has 4 heteroatoms. The molecule has 3 nitrogen and oxygen atoms in total. The van der Waals surface area contributed by atoms with Gasteiger partial charge in [0.2, 0.25) is 0 Å². The topological polar surface area (TPSA) is 30.7 Å². The normalized spacial score (nSPS) is 10.7. The zero-order chi connectivity index (χ0) is 6.85. The second kappa shape index (κ2) is 2.44. The lowest BCUT2D eigenvalue weighted by Crippen LogP contribution is -1.85. The van der Waals surface area contributed by atoms with E-state index < -0.39 is 0 Å². The molecule has 9 heavy (non-hydrogen) atoms. The van der Waals surface area contributed by atoms with Crippen LogP contribution in [0.3, 0.4) is 0 Å². The van der Waals surface area contributed by atoms with E-state index in [0.29, 0.717) is 5.92 Å². The van der Waals surface area contributed by atoms with Gasteiger partial charge in [-0.25, -0.2) is 4.45 Å². The Hall–Kier alpha value is -0.430. The lowest BCUT2D eigenvalue weighted by molar-refractivity contribution is 0.799. The average Bonchev–Trinajstić information content (AvgIpc) is 2.14. The third kappa shape index (κ3) is 1.49. The maximum Gasteiger partial charge on any atom is 0.0855 e. The van der Waals surface area contributed by atoms with Crippen LogP contribution in [0.15, 0.2) is 6.20 Å². The van der Waals surface area contributed by atoms with E-state index in [1.807, 2.05) is 6.20 Å². The van der Waals surface area contributed by atoms with Gasteiger partial charge in [0.1, 0.15) is 0 Å². The van der Waals surface area contributed by atoms with E-state index >= 15 is 0 Å². The van der Waals surface area contributed by atoms with Crippen LogP contribution in [-0.4, -0.2) is 14.8 Å². The molecule has 0 fully saturated rings. The van der Waals surface area contributed by atoms with Gasteiger partial charge in [-0.05, 0) is 15.3 Å². The summed E-state index contributed by atoms with van der Waals surface area (Å²) >= 11 is 0. The van der Waals surface area contributed by atoms with Gasteiger partial charge in [-0.3, -0.25) is 0 Å². The van der Waals surface area contributed by atoms with Crippen LogP contribution in [0.5, 0.6) is 0 Å². The molecule has 1 aromatic rings. The van der Waals surface area contributed by atoms with Gasteiger partial charge in [0, 0.05) is 0 Å². The number of aromatic nitrogens is 3. The lowest BCUT2D eigenvalue weighted by atomic mass is 10.2. The Bertz CT molecular complexity index is 194. The maximum atomic E-state index is 3.91. The fraction of sp³-hybridized carbons (Fsp3) is 0.600. The van der Waals surface area contributed by atoms with Gasteiger partial charge in [-0.2, -0.15) is 0 Å². The monoisotopic (exact) mass is 143 g/mol. The standard InChI is InChI=1S/C5H10N3P/c1-4(2)5-3-8(9)7-6-5/h3-4H,9H2,1-2H3. The van der Waals surface area contributed by atoms with Crippen molar-refractivity contribution in [2.45, 2.75) is 19.8 Å². The van der Waals surface area contributed by atoms with Crippen molar-refractivity contribution < 1.29 is 0 Å². The van der Waals surface area contributed by atoms with Crippen molar-refractivity contribution in [1.29, 1.82) is 0 Å². The van der Waals surface area contributed by atoms with Crippen LogP contribution in [-0.2, 0) is 0 Å². The van der Waals surface area contributed by atoms with Crippen LogP contribution < -0.4 is 0 Å². The van der Waals surface area contributed by atoms with Crippen molar-refractivity contribution in [2.75, 3.05) is 0 Å². The largest absolute Gasteiger partial charge is 0.238 e. The highest BCUT2D eigenvalue weighted by Gasteiger charge is 2.00. The summed E-state index contributed by atoms with van der Waals surface area (Å²) in [6.07, 6.45) is 1.90. The smallest absolute Gasteiger partial charge is 0.0855 e. The Balaban J connectivity index is 2.85. The van der Waals surface area contributed by atoms with Crippen LogP contribution in [0.2, 0.25) is 0 Å². The first-order valence-electron chi connectivity index (χ1n) is 2.87. The van der Waals surface area contributed by atoms with E-state index in [-0.39, 0.29) is 0 Å². The van der Waals surface area contributed by atoms with Crippen molar-refractivity contribution in [2.24, 2.45) is 0 Å². The molecule has 0 saturated carbocycles. The van der Waals surface area contributed by atoms with Crippen molar-refractivity contribution in [3.63, 3.8) is 0 Å². The van der Waals surface area contributed by atoms with Gasteiger partial charge < -0.3 is 0 Å². The highest BCUT2D eigenvalue weighted by Crippen LogP contribution is 2.09. The van der Waals surface area contributed by atoms with E-state index in [4.69, 9.17) is 0 Å². The van der Waals surface area contributed by atoms with E-state index in [1.54, 1.807) is 4.45 Å². The highest BCUT2D eigenvalue weighted by atomic mass is 31.0. The molecule has 1 unspecified atom stereocenters. The molecular weight excluding hydrogens is 133 g/mol. The summed E-state index contributed by atoms with van der Waals surface area (Å²) in [5.41, 5.74) is 1.03. The highest BCUT2D eigenvalue weighted by molar-refractivity contribution is 7.14. The molecule has 1 rings (SSSR count). The number of hydrogen-bond donors (Lipinski definition) is 0. The third-order valence-corrected chi connectivity index (χ3v) is 1.37. The minimum absolute atomic E-state index is 0.472. The molecule has 1 aromatic heterocycles. The van der Waals surface area contributed by atoms with Gasteiger partial charge >= 0.3 is 0 Å². The van der Waals surface area contributed by atoms with E-state index in [2.05, 4.69) is 33.6 Å². The molecule has 0 saturated heterocycles. The summed E-state index contributed by atoms with van der Waals surface area (Å²) in [5, 5.41) is 7.67. The molecule has 1 atom stereocenters. The van der Waals surface area contributed by atoms with Crippen LogP contribution in [0.1, 0.15) is 25.5 Å². The first-order valence-corrected chi connectivity index (χ1v) is 3.39. The van der Waals surface area contributed by atoms with E-state index in [9.17, 15) is 0 Å². The first kappa shape index (κ1) is 6.69. The Kier molecular flexibility index (Phi) is 1.81. The molecule has 0 aliphatic rings. The predicted molar refractivity (Wildman–Crippen MR) is 39.2 cm³/mol. The number of nitrogens with zero attached hydrogens (tertiary/aromatic N) is 3. The summed E-state index contributed by atoms with van der Waals surface area (Å²) in [6, 6.07) is 0.